The molecule has 0 amide bonds. The van der Waals surface area contributed by atoms with Crippen molar-refractivity contribution in [2.24, 2.45) is 0 Å². The molecule has 1 aromatic heterocycles. The summed E-state index contributed by atoms with van der Waals surface area (Å²) in [7, 11) is -3.48. The summed E-state index contributed by atoms with van der Waals surface area (Å²) in [5.74, 6) is 0. The molecule has 3 rings (SSSR count). The van der Waals surface area contributed by atoms with Crippen molar-refractivity contribution in [3.8, 4) is 0 Å². The molecular formula is C16H15NO4S. The molecule has 0 radical (unpaired) electrons. The fourth-order valence-electron chi connectivity index (χ4n) is 2.60. The van der Waals surface area contributed by atoms with Crippen LogP contribution in [0.25, 0.3) is 21.8 Å². The summed E-state index contributed by atoms with van der Waals surface area (Å²) < 4.78 is 29.0. The molecule has 0 aliphatic rings. The second kappa shape index (κ2) is 5.55. The van der Waals surface area contributed by atoms with E-state index in [0.717, 1.165) is 17.3 Å². The number of benzene rings is 2. The Kier molecular flexibility index (Phi) is 3.72. The van der Waals surface area contributed by atoms with Gasteiger partial charge in [0.15, 0.2) is 5.43 Å². The number of rotatable bonds is 4. The first kappa shape index (κ1) is 14.7. The Balaban J connectivity index is 2.21. The summed E-state index contributed by atoms with van der Waals surface area (Å²) in [6.45, 7) is 0.365. The zero-order chi connectivity index (χ0) is 15.7. The highest BCUT2D eigenvalue weighted by atomic mass is 32.2. The lowest BCUT2D eigenvalue weighted by molar-refractivity contribution is 0.307. The van der Waals surface area contributed by atoms with Crippen LogP contribution in [0.2, 0.25) is 0 Å². The van der Waals surface area contributed by atoms with E-state index in [4.69, 9.17) is 4.18 Å². The summed E-state index contributed by atoms with van der Waals surface area (Å²) in [6, 6.07) is 14.6. The van der Waals surface area contributed by atoms with Gasteiger partial charge in [-0.3, -0.25) is 8.98 Å². The maximum Gasteiger partial charge on any atom is 0.264 e. The van der Waals surface area contributed by atoms with Crippen LogP contribution in [0, 0.1) is 0 Å². The quantitative estimate of drug-likeness (QED) is 0.546. The van der Waals surface area contributed by atoms with Gasteiger partial charge in [-0.05, 0) is 24.3 Å². The average molecular weight is 317 g/mol. The topological polar surface area (TPSA) is 65.4 Å². The number of nitrogens with zero attached hydrogens (tertiary/aromatic N) is 1. The first-order valence-electron chi connectivity index (χ1n) is 6.82. The van der Waals surface area contributed by atoms with Crippen LogP contribution < -0.4 is 5.43 Å². The normalized spacial score (nSPS) is 12.0. The highest BCUT2D eigenvalue weighted by Crippen LogP contribution is 2.19. The first-order valence-corrected chi connectivity index (χ1v) is 8.64. The zero-order valence-electron chi connectivity index (χ0n) is 12.0. The van der Waals surface area contributed by atoms with E-state index in [9.17, 15) is 13.2 Å². The first-order chi connectivity index (χ1) is 10.5. The van der Waals surface area contributed by atoms with Gasteiger partial charge in [-0.2, -0.15) is 8.42 Å². The Hall–Kier alpha value is -2.18. The minimum atomic E-state index is -3.48. The van der Waals surface area contributed by atoms with Gasteiger partial charge in [0.2, 0.25) is 0 Å². The Morgan fingerprint density at radius 3 is 1.95 bits per heavy atom. The molecule has 0 fully saturated rings. The predicted octanol–water partition coefficient (Wildman–Crippen LogP) is 2.13. The van der Waals surface area contributed by atoms with Gasteiger partial charge < -0.3 is 4.57 Å². The summed E-state index contributed by atoms with van der Waals surface area (Å²) in [5, 5.41) is 1.22. The molecule has 3 aromatic rings. The lowest BCUT2D eigenvalue weighted by atomic mass is 10.1. The maximum absolute atomic E-state index is 12.5. The monoisotopic (exact) mass is 317 g/mol. The van der Waals surface area contributed by atoms with E-state index in [-0.39, 0.29) is 12.0 Å². The highest BCUT2D eigenvalue weighted by Gasteiger charge is 2.10. The lowest BCUT2D eigenvalue weighted by Gasteiger charge is -2.14. The van der Waals surface area contributed by atoms with E-state index in [1.807, 2.05) is 41.0 Å². The molecular weight excluding hydrogens is 302 g/mol. The Morgan fingerprint density at radius 1 is 0.955 bits per heavy atom. The number of para-hydroxylation sites is 2. The van der Waals surface area contributed by atoms with Gasteiger partial charge in [-0.25, -0.2) is 0 Å². The van der Waals surface area contributed by atoms with Crippen LogP contribution in [-0.4, -0.2) is 25.8 Å². The molecule has 0 unspecified atom stereocenters. The third-order valence-corrected chi connectivity index (χ3v) is 4.09. The van der Waals surface area contributed by atoms with Gasteiger partial charge in [0, 0.05) is 17.3 Å². The fraction of sp³-hybridized carbons (Fsp3) is 0.188. The molecule has 2 aromatic carbocycles. The molecule has 0 aliphatic carbocycles. The Morgan fingerprint density at radius 2 is 1.45 bits per heavy atom. The number of hydrogen-bond donors (Lipinski definition) is 0. The molecule has 0 spiro atoms. The van der Waals surface area contributed by atoms with Crippen LogP contribution in [0.1, 0.15) is 0 Å². The molecule has 0 atom stereocenters. The van der Waals surface area contributed by atoms with E-state index in [1.165, 1.54) is 0 Å². The van der Waals surface area contributed by atoms with Crippen molar-refractivity contribution in [2.75, 3.05) is 12.9 Å². The van der Waals surface area contributed by atoms with E-state index in [0.29, 0.717) is 17.3 Å². The third kappa shape index (κ3) is 2.75. The minimum Gasteiger partial charge on any atom is -0.338 e. The van der Waals surface area contributed by atoms with Crippen LogP contribution in [0.3, 0.4) is 0 Å². The second-order valence-electron chi connectivity index (χ2n) is 5.04. The van der Waals surface area contributed by atoms with E-state index < -0.39 is 10.1 Å². The number of aromatic nitrogens is 1. The van der Waals surface area contributed by atoms with Gasteiger partial charge in [0.05, 0.1) is 23.9 Å². The molecule has 114 valence electrons. The van der Waals surface area contributed by atoms with Crippen molar-refractivity contribution in [3.63, 3.8) is 0 Å². The molecule has 0 saturated carbocycles. The van der Waals surface area contributed by atoms with Gasteiger partial charge in [0.1, 0.15) is 0 Å². The summed E-state index contributed by atoms with van der Waals surface area (Å²) in [4.78, 5) is 12.5. The second-order valence-corrected chi connectivity index (χ2v) is 6.69. The van der Waals surface area contributed by atoms with Crippen molar-refractivity contribution in [1.82, 2.24) is 4.57 Å². The Labute approximate surface area is 127 Å². The molecule has 0 aliphatic heterocycles. The zero-order valence-corrected chi connectivity index (χ0v) is 12.8. The average Bonchev–Trinajstić information content (AvgIpc) is 2.49. The van der Waals surface area contributed by atoms with E-state index in [1.54, 1.807) is 12.1 Å². The van der Waals surface area contributed by atoms with Gasteiger partial charge >= 0.3 is 0 Å². The van der Waals surface area contributed by atoms with Gasteiger partial charge in [-0.1, -0.05) is 24.3 Å². The molecule has 0 bridgehead atoms. The standard InChI is InChI=1S/C16H15NO4S/c1-22(19,20)21-11-10-17-14-8-4-2-6-12(14)16(18)13-7-3-5-9-15(13)17/h2-9H,10-11H2,1H3. The highest BCUT2D eigenvalue weighted by molar-refractivity contribution is 7.85. The van der Waals surface area contributed by atoms with E-state index in [2.05, 4.69) is 0 Å². The largest absolute Gasteiger partial charge is 0.338 e. The number of fused-ring (bicyclic) bond motifs is 2. The van der Waals surface area contributed by atoms with Crippen LogP contribution in [0.15, 0.2) is 53.3 Å². The molecule has 0 saturated heterocycles. The molecule has 22 heavy (non-hydrogen) atoms. The molecule has 1 heterocycles. The van der Waals surface area contributed by atoms with Crippen molar-refractivity contribution < 1.29 is 12.6 Å². The van der Waals surface area contributed by atoms with Crippen molar-refractivity contribution >= 4 is 31.9 Å². The molecule has 0 N–H and O–H groups in total. The molecule has 5 nitrogen and oxygen atoms in total. The van der Waals surface area contributed by atoms with Crippen molar-refractivity contribution in [1.29, 1.82) is 0 Å². The van der Waals surface area contributed by atoms with Crippen molar-refractivity contribution in [2.45, 2.75) is 6.54 Å². The van der Waals surface area contributed by atoms with Gasteiger partial charge in [-0.15, -0.1) is 0 Å². The minimum absolute atomic E-state index is 0.0218. The van der Waals surface area contributed by atoms with E-state index >= 15 is 0 Å². The smallest absolute Gasteiger partial charge is 0.264 e. The predicted molar refractivity (Wildman–Crippen MR) is 86.5 cm³/mol. The SMILES string of the molecule is CS(=O)(=O)OCCn1c2ccccc2c(=O)c2ccccc21. The van der Waals surface area contributed by atoms with Crippen LogP contribution in [0.5, 0.6) is 0 Å². The summed E-state index contributed by atoms with van der Waals surface area (Å²) in [6.07, 6.45) is 1.02. The maximum atomic E-state index is 12.5. The fourth-order valence-corrected chi connectivity index (χ4v) is 2.98. The summed E-state index contributed by atoms with van der Waals surface area (Å²) >= 11 is 0. The Bertz CT molecular complexity index is 946. The lowest BCUT2D eigenvalue weighted by Crippen LogP contribution is -2.15. The molecule has 6 heteroatoms. The van der Waals surface area contributed by atoms with Crippen LogP contribution >= 0.6 is 0 Å². The third-order valence-electron chi connectivity index (χ3n) is 3.49. The number of pyridine rings is 1. The van der Waals surface area contributed by atoms with Crippen molar-refractivity contribution in [3.05, 3.63) is 58.8 Å². The van der Waals surface area contributed by atoms with Crippen LogP contribution in [0.4, 0.5) is 0 Å². The summed E-state index contributed by atoms with van der Waals surface area (Å²) in [5.41, 5.74) is 1.51. The number of hydrogen-bond acceptors (Lipinski definition) is 4. The van der Waals surface area contributed by atoms with Crippen LogP contribution in [-0.2, 0) is 20.8 Å². The van der Waals surface area contributed by atoms with Gasteiger partial charge in [0.25, 0.3) is 10.1 Å².